The number of nitrogens with one attached hydrogen (secondary N) is 1. The number of H-pyrrole nitrogens is 1. The molecular formula is C19H21N7O2. The molecule has 9 nitrogen and oxygen atoms in total. The van der Waals surface area contributed by atoms with E-state index in [0.29, 0.717) is 42.3 Å². The Bertz CT molecular complexity index is 1280. The molecule has 0 aliphatic rings. The van der Waals surface area contributed by atoms with Crippen LogP contribution in [0.3, 0.4) is 0 Å². The van der Waals surface area contributed by atoms with Gasteiger partial charge in [-0.1, -0.05) is 35.0 Å². The summed E-state index contributed by atoms with van der Waals surface area (Å²) in [5.74, 6) is 0.415. The van der Waals surface area contributed by atoms with Crippen molar-refractivity contribution in [2.75, 3.05) is 0 Å². The molecule has 0 fully saturated rings. The lowest BCUT2D eigenvalue weighted by molar-refractivity contribution is 0.606. The Kier molecular flexibility index (Phi) is 4.42. The van der Waals surface area contributed by atoms with Gasteiger partial charge < -0.3 is 4.98 Å². The van der Waals surface area contributed by atoms with Crippen LogP contribution in [-0.4, -0.2) is 34.1 Å². The minimum atomic E-state index is -0.377. The molecule has 3 heterocycles. The van der Waals surface area contributed by atoms with Crippen LogP contribution in [0.4, 0.5) is 0 Å². The zero-order valence-electron chi connectivity index (χ0n) is 16.0. The van der Waals surface area contributed by atoms with Gasteiger partial charge in [0.15, 0.2) is 11.5 Å². The van der Waals surface area contributed by atoms with Crippen LogP contribution in [0, 0.1) is 6.92 Å². The largest absolute Gasteiger partial charge is 0.332 e. The second kappa shape index (κ2) is 6.91. The zero-order chi connectivity index (χ0) is 19.8. The highest BCUT2D eigenvalue weighted by atomic mass is 16.2. The Balaban J connectivity index is 1.76. The van der Waals surface area contributed by atoms with Crippen molar-refractivity contribution in [2.45, 2.75) is 40.4 Å². The molecule has 0 spiro atoms. The lowest BCUT2D eigenvalue weighted by Crippen LogP contribution is -2.39. The van der Waals surface area contributed by atoms with Gasteiger partial charge in [-0.2, -0.15) is 0 Å². The molecule has 0 amide bonds. The molecule has 0 saturated heterocycles. The number of aromatic amines is 1. The van der Waals surface area contributed by atoms with E-state index in [9.17, 15) is 9.59 Å². The molecule has 1 aromatic carbocycles. The fraction of sp³-hybridized carbons (Fsp3) is 0.316. The number of aryl methyl sites for hydroxylation is 2. The van der Waals surface area contributed by atoms with Crippen molar-refractivity contribution in [2.24, 2.45) is 0 Å². The number of hydrogen-bond donors (Lipinski definition) is 1. The standard InChI is InChI=1S/C19H21N7O2/c1-4-25-17-15(18(27)26(5-2)19(25)28)20-16(21-17)14-11-24(23-22-14)10-13-8-6-7-12(3)9-13/h6-9,11H,4-5,10H2,1-3H3,(H,20,21). The van der Waals surface area contributed by atoms with Crippen molar-refractivity contribution in [1.82, 2.24) is 34.1 Å². The van der Waals surface area contributed by atoms with E-state index < -0.39 is 0 Å². The SMILES string of the molecule is CCn1c(=O)c2[nH]c(-c3cn(Cc4cccc(C)c4)nn3)nc2n(CC)c1=O. The van der Waals surface area contributed by atoms with Gasteiger partial charge in [0.1, 0.15) is 11.2 Å². The van der Waals surface area contributed by atoms with Gasteiger partial charge in [-0.15, -0.1) is 5.10 Å². The smallest absolute Gasteiger partial charge is 0.331 e. The molecule has 1 N–H and O–H groups in total. The average Bonchev–Trinajstić information content (AvgIpc) is 3.30. The van der Waals surface area contributed by atoms with E-state index in [-0.39, 0.29) is 11.2 Å². The van der Waals surface area contributed by atoms with Crippen molar-refractivity contribution >= 4 is 11.2 Å². The van der Waals surface area contributed by atoms with E-state index in [4.69, 9.17) is 0 Å². The topological polar surface area (TPSA) is 103 Å². The number of hydrogen-bond acceptors (Lipinski definition) is 5. The van der Waals surface area contributed by atoms with Crippen LogP contribution in [0.1, 0.15) is 25.0 Å². The molecule has 28 heavy (non-hydrogen) atoms. The normalized spacial score (nSPS) is 11.4. The van der Waals surface area contributed by atoms with Crippen LogP contribution >= 0.6 is 0 Å². The summed E-state index contributed by atoms with van der Waals surface area (Å²) < 4.78 is 4.40. The Hall–Kier alpha value is -3.49. The number of nitrogens with zero attached hydrogens (tertiary/aromatic N) is 6. The molecule has 4 aromatic rings. The fourth-order valence-electron chi connectivity index (χ4n) is 3.33. The second-order valence-corrected chi connectivity index (χ2v) is 6.65. The molecule has 4 rings (SSSR count). The van der Waals surface area contributed by atoms with E-state index in [0.717, 1.165) is 5.56 Å². The van der Waals surface area contributed by atoms with Crippen molar-refractivity contribution in [3.8, 4) is 11.5 Å². The maximum absolute atomic E-state index is 12.6. The van der Waals surface area contributed by atoms with Crippen LogP contribution < -0.4 is 11.2 Å². The summed E-state index contributed by atoms with van der Waals surface area (Å²) in [6, 6.07) is 8.17. The van der Waals surface area contributed by atoms with E-state index in [1.54, 1.807) is 17.8 Å². The first-order valence-electron chi connectivity index (χ1n) is 9.21. The quantitative estimate of drug-likeness (QED) is 0.566. The van der Waals surface area contributed by atoms with Crippen LogP contribution in [0.15, 0.2) is 40.1 Å². The minimum absolute atomic E-state index is 0.298. The minimum Gasteiger partial charge on any atom is -0.331 e. The molecule has 0 unspecified atom stereocenters. The molecule has 0 aliphatic heterocycles. The lowest BCUT2D eigenvalue weighted by Gasteiger charge is -2.06. The summed E-state index contributed by atoms with van der Waals surface area (Å²) in [7, 11) is 0. The summed E-state index contributed by atoms with van der Waals surface area (Å²) in [4.78, 5) is 32.6. The van der Waals surface area contributed by atoms with Crippen molar-refractivity contribution < 1.29 is 0 Å². The van der Waals surface area contributed by atoms with Gasteiger partial charge in [-0.25, -0.2) is 14.5 Å². The molecule has 0 atom stereocenters. The van der Waals surface area contributed by atoms with Crippen LogP contribution in [-0.2, 0) is 19.6 Å². The third-order valence-electron chi connectivity index (χ3n) is 4.70. The van der Waals surface area contributed by atoms with Crippen molar-refractivity contribution in [3.63, 3.8) is 0 Å². The summed E-state index contributed by atoms with van der Waals surface area (Å²) in [5, 5.41) is 8.33. The molecule has 0 bridgehead atoms. The number of fused-ring (bicyclic) bond motifs is 1. The molecule has 0 aliphatic carbocycles. The highest BCUT2D eigenvalue weighted by Crippen LogP contribution is 2.16. The van der Waals surface area contributed by atoms with Crippen LogP contribution in [0.5, 0.6) is 0 Å². The number of rotatable bonds is 5. The predicted octanol–water partition coefficient (Wildman–Crippen LogP) is 1.54. The van der Waals surface area contributed by atoms with Gasteiger partial charge in [0.05, 0.1) is 12.7 Å². The van der Waals surface area contributed by atoms with Gasteiger partial charge >= 0.3 is 5.69 Å². The highest BCUT2D eigenvalue weighted by Gasteiger charge is 2.18. The van der Waals surface area contributed by atoms with Gasteiger partial charge in [0.2, 0.25) is 0 Å². The lowest BCUT2D eigenvalue weighted by atomic mass is 10.1. The molecule has 0 radical (unpaired) electrons. The first-order valence-corrected chi connectivity index (χ1v) is 9.21. The molecule has 144 valence electrons. The summed E-state index contributed by atoms with van der Waals surface area (Å²) in [5.41, 5.74) is 2.71. The van der Waals surface area contributed by atoms with Crippen LogP contribution in [0.25, 0.3) is 22.7 Å². The van der Waals surface area contributed by atoms with E-state index >= 15 is 0 Å². The van der Waals surface area contributed by atoms with Gasteiger partial charge in [-0.3, -0.25) is 13.9 Å². The fourth-order valence-corrected chi connectivity index (χ4v) is 3.33. The molecule has 9 heteroatoms. The molecule has 3 aromatic heterocycles. The monoisotopic (exact) mass is 379 g/mol. The Morgan fingerprint density at radius 3 is 2.61 bits per heavy atom. The van der Waals surface area contributed by atoms with Crippen LogP contribution in [0.2, 0.25) is 0 Å². The molecule has 0 saturated carbocycles. The summed E-state index contributed by atoms with van der Waals surface area (Å²) in [6.07, 6.45) is 1.77. The first kappa shape index (κ1) is 17.9. The predicted molar refractivity (Wildman–Crippen MR) is 105 cm³/mol. The van der Waals surface area contributed by atoms with E-state index in [1.807, 2.05) is 32.0 Å². The van der Waals surface area contributed by atoms with Crippen molar-refractivity contribution in [3.05, 3.63) is 62.4 Å². The third kappa shape index (κ3) is 2.94. The number of aromatic nitrogens is 7. The Morgan fingerprint density at radius 1 is 1.11 bits per heavy atom. The first-order chi connectivity index (χ1) is 13.5. The van der Waals surface area contributed by atoms with E-state index in [2.05, 4.69) is 26.3 Å². The maximum Gasteiger partial charge on any atom is 0.332 e. The summed E-state index contributed by atoms with van der Waals surface area (Å²) >= 11 is 0. The Morgan fingerprint density at radius 2 is 1.89 bits per heavy atom. The zero-order valence-corrected chi connectivity index (χ0v) is 16.0. The number of imidazole rings is 1. The second-order valence-electron chi connectivity index (χ2n) is 6.65. The molecular weight excluding hydrogens is 358 g/mol. The van der Waals surface area contributed by atoms with Gasteiger partial charge in [0, 0.05) is 13.1 Å². The summed E-state index contributed by atoms with van der Waals surface area (Å²) in [6.45, 7) is 6.95. The average molecular weight is 379 g/mol. The number of benzene rings is 1. The van der Waals surface area contributed by atoms with Gasteiger partial charge in [0.25, 0.3) is 5.56 Å². The maximum atomic E-state index is 12.6. The van der Waals surface area contributed by atoms with Gasteiger partial charge in [-0.05, 0) is 26.3 Å². The van der Waals surface area contributed by atoms with E-state index in [1.165, 1.54) is 14.7 Å². The highest BCUT2D eigenvalue weighted by molar-refractivity contribution is 5.74. The third-order valence-corrected chi connectivity index (χ3v) is 4.70. The Labute approximate surface area is 160 Å². The van der Waals surface area contributed by atoms with Crippen molar-refractivity contribution in [1.29, 1.82) is 0 Å².